The zero-order valence-corrected chi connectivity index (χ0v) is 28.7. The van der Waals surface area contributed by atoms with Crippen LogP contribution in [0.4, 0.5) is 17.1 Å². The quantitative estimate of drug-likeness (QED) is 0.180. The van der Waals surface area contributed by atoms with Crippen molar-refractivity contribution in [2.45, 2.75) is 19.3 Å². The molecule has 0 amide bonds. The lowest BCUT2D eigenvalue weighted by Gasteiger charge is -2.28. The monoisotopic (exact) mass is 652 g/mol. The van der Waals surface area contributed by atoms with Crippen LogP contribution in [0.1, 0.15) is 25.0 Å². The van der Waals surface area contributed by atoms with Gasteiger partial charge in [0.2, 0.25) is 0 Å². The smallest absolute Gasteiger partial charge is 0.0561 e. The Morgan fingerprint density at radius 3 is 1.92 bits per heavy atom. The molecule has 1 aliphatic carbocycles. The molecule has 0 radical (unpaired) electrons. The SMILES string of the molecule is CC1(C)c2ccccc2-c2cc3c(N(c4ccc(-c5ccccc5)cc4)c4ccc5c6ccccc6n(-c6ccccc6)c5c4)cccc3cc21. The summed E-state index contributed by atoms with van der Waals surface area (Å²) in [6.07, 6.45) is 0. The molecule has 0 unspecified atom stereocenters. The number of para-hydroxylation sites is 2. The molecule has 51 heavy (non-hydrogen) atoms. The Hall–Kier alpha value is -6.38. The first kappa shape index (κ1) is 29.5. The molecule has 10 rings (SSSR count). The van der Waals surface area contributed by atoms with Crippen molar-refractivity contribution in [3.63, 3.8) is 0 Å². The summed E-state index contributed by atoms with van der Waals surface area (Å²) in [6.45, 7) is 4.71. The van der Waals surface area contributed by atoms with Crippen molar-refractivity contribution in [1.29, 1.82) is 0 Å². The first-order chi connectivity index (χ1) is 25.1. The summed E-state index contributed by atoms with van der Waals surface area (Å²) in [5, 5.41) is 4.98. The molecule has 0 N–H and O–H groups in total. The zero-order valence-electron chi connectivity index (χ0n) is 28.7. The Bertz CT molecular complexity index is 2750. The van der Waals surface area contributed by atoms with Crippen molar-refractivity contribution >= 4 is 49.6 Å². The minimum atomic E-state index is -0.0566. The molecular weight excluding hydrogens is 617 g/mol. The van der Waals surface area contributed by atoms with Crippen LogP contribution in [0.2, 0.25) is 0 Å². The Kier molecular flexibility index (Phi) is 6.56. The summed E-state index contributed by atoms with van der Waals surface area (Å²) in [5.74, 6) is 0. The van der Waals surface area contributed by atoms with Crippen LogP contribution in [0.15, 0.2) is 182 Å². The van der Waals surface area contributed by atoms with Crippen LogP contribution in [0.5, 0.6) is 0 Å². The van der Waals surface area contributed by atoms with Gasteiger partial charge in [-0.2, -0.15) is 0 Å². The fourth-order valence-electron chi connectivity index (χ4n) is 8.47. The van der Waals surface area contributed by atoms with Crippen molar-refractivity contribution in [2.24, 2.45) is 0 Å². The van der Waals surface area contributed by atoms with Gasteiger partial charge in [0, 0.05) is 38.6 Å². The standard InChI is InChI=1S/C49H36N2/c1-49(2)44-21-11-9-19-39(44)43-32-42-35(30-45(43)49)16-13-23-47(42)50(37-26-24-34(25-27-37)33-14-5-3-6-15-33)38-28-29-41-40-20-10-12-22-46(40)51(48(41)31-38)36-17-7-4-8-18-36/h3-32H,1-2H3. The highest BCUT2D eigenvalue weighted by atomic mass is 15.1. The van der Waals surface area contributed by atoms with Gasteiger partial charge in [-0.3, -0.25) is 0 Å². The molecule has 0 saturated carbocycles. The van der Waals surface area contributed by atoms with Gasteiger partial charge in [0.25, 0.3) is 0 Å². The fraction of sp³-hybridized carbons (Fsp3) is 0.0612. The molecule has 1 heterocycles. The van der Waals surface area contributed by atoms with Crippen LogP contribution in [0.25, 0.3) is 60.5 Å². The average Bonchev–Trinajstić information content (AvgIpc) is 3.63. The van der Waals surface area contributed by atoms with Gasteiger partial charge in [-0.25, -0.2) is 0 Å². The number of fused-ring (bicyclic) bond motifs is 7. The van der Waals surface area contributed by atoms with Gasteiger partial charge in [-0.15, -0.1) is 0 Å². The topological polar surface area (TPSA) is 8.17 Å². The largest absolute Gasteiger partial charge is 0.310 e. The fourth-order valence-corrected chi connectivity index (χ4v) is 8.47. The number of anilines is 3. The third kappa shape index (κ3) is 4.57. The van der Waals surface area contributed by atoms with Crippen molar-refractivity contribution in [3.05, 3.63) is 193 Å². The number of aromatic nitrogens is 1. The van der Waals surface area contributed by atoms with Crippen LogP contribution in [0, 0.1) is 0 Å². The van der Waals surface area contributed by atoms with Crippen LogP contribution < -0.4 is 4.90 Å². The van der Waals surface area contributed by atoms with Crippen LogP contribution in [0.3, 0.4) is 0 Å². The number of hydrogen-bond donors (Lipinski definition) is 0. The van der Waals surface area contributed by atoms with E-state index in [1.807, 2.05) is 0 Å². The predicted molar refractivity (Wildman–Crippen MR) is 216 cm³/mol. The van der Waals surface area contributed by atoms with E-state index in [-0.39, 0.29) is 5.41 Å². The number of hydrogen-bond acceptors (Lipinski definition) is 1. The van der Waals surface area contributed by atoms with Gasteiger partial charge in [0.05, 0.1) is 16.7 Å². The van der Waals surface area contributed by atoms with E-state index in [0.717, 1.165) is 22.7 Å². The minimum Gasteiger partial charge on any atom is -0.310 e. The predicted octanol–water partition coefficient (Wildman–Crippen LogP) is 13.4. The van der Waals surface area contributed by atoms with Crippen LogP contribution in [-0.4, -0.2) is 4.57 Å². The molecule has 0 atom stereocenters. The highest BCUT2D eigenvalue weighted by Gasteiger charge is 2.35. The Morgan fingerprint density at radius 1 is 0.431 bits per heavy atom. The highest BCUT2D eigenvalue weighted by molar-refractivity contribution is 6.11. The van der Waals surface area contributed by atoms with E-state index < -0.39 is 0 Å². The van der Waals surface area contributed by atoms with Crippen molar-refractivity contribution in [3.8, 4) is 27.9 Å². The van der Waals surface area contributed by atoms with E-state index in [2.05, 4.69) is 205 Å². The molecular formula is C49H36N2. The molecule has 9 aromatic rings. The normalized spacial score (nSPS) is 13.1. The van der Waals surface area contributed by atoms with Crippen molar-refractivity contribution < 1.29 is 0 Å². The van der Waals surface area contributed by atoms with E-state index in [1.165, 1.54) is 66.0 Å². The highest BCUT2D eigenvalue weighted by Crippen LogP contribution is 2.51. The number of nitrogens with zero attached hydrogens (tertiary/aromatic N) is 2. The third-order valence-corrected chi connectivity index (χ3v) is 11.0. The van der Waals surface area contributed by atoms with Gasteiger partial charge < -0.3 is 9.47 Å². The summed E-state index contributed by atoms with van der Waals surface area (Å²) in [4.78, 5) is 2.45. The van der Waals surface area contributed by atoms with Gasteiger partial charge in [-0.05, 0) is 99.4 Å². The van der Waals surface area contributed by atoms with Crippen molar-refractivity contribution in [2.75, 3.05) is 4.90 Å². The summed E-state index contributed by atoms with van der Waals surface area (Å²) < 4.78 is 2.40. The maximum Gasteiger partial charge on any atom is 0.0561 e. The average molecular weight is 653 g/mol. The zero-order chi connectivity index (χ0) is 34.1. The lowest BCUT2D eigenvalue weighted by molar-refractivity contribution is 0.661. The molecule has 0 aliphatic heterocycles. The second kappa shape index (κ2) is 11.3. The van der Waals surface area contributed by atoms with E-state index in [0.29, 0.717) is 0 Å². The van der Waals surface area contributed by atoms with E-state index >= 15 is 0 Å². The second-order valence-electron chi connectivity index (χ2n) is 14.2. The molecule has 2 nitrogen and oxygen atoms in total. The van der Waals surface area contributed by atoms with Gasteiger partial charge >= 0.3 is 0 Å². The molecule has 242 valence electrons. The summed E-state index contributed by atoms with van der Waals surface area (Å²) in [5.41, 5.74) is 14.7. The number of benzene rings is 8. The van der Waals surface area contributed by atoms with E-state index in [4.69, 9.17) is 0 Å². The van der Waals surface area contributed by atoms with Gasteiger partial charge in [0.15, 0.2) is 0 Å². The number of rotatable bonds is 5. The van der Waals surface area contributed by atoms with Gasteiger partial charge in [-0.1, -0.05) is 135 Å². The third-order valence-electron chi connectivity index (χ3n) is 11.0. The maximum atomic E-state index is 2.45. The van der Waals surface area contributed by atoms with Crippen LogP contribution in [-0.2, 0) is 5.41 Å². The Labute approximate surface area is 298 Å². The molecule has 0 fully saturated rings. The molecule has 8 aromatic carbocycles. The van der Waals surface area contributed by atoms with E-state index in [1.54, 1.807) is 0 Å². The summed E-state index contributed by atoms with van der Waals surface area (Å²) in [7, 11) is 0. The van der Waals surface area contributed by atoms with Crippen LogP contribution >= 0.6 is 0 Å². The first-order valence-corrected chi connectivity index (χ1v) is 17.8. The maximum absolute atomic E-state index is 2.45. The van der Waals surface area contributed by atoms with Crippen molar-refractivity contribution in [1.82, 2.24) is 4.57 Å². The van der Waals surface area contributed by atoms with E-state index in [9.17, 15) is 0 Å². The lowest BCUT2D eigenvalue weighted by Crippen LogP contribution is -2.15. The summed E-state index contributed by atoms with van der Waals surface area (Å²) in [6, 6.07) is 66.6. The molecule has 0 saturated heterocycles. The Morgan fingerprint density at radius 2 is 1.10 bits per heavy atom. The minimum absolute atomic E-state index is 0.0566. The first-order valence-electron chi connectivity index (χ1n) is 17.8. The molecule has 0 bridgehead atoms. The lowest BCUT2D eigenvalue weighted by atomic mass is 9.82. The second-order valence-corrected chi connectivity index (χ2v) is 14.2. The molecule has 1 aliphatic rings. The van der Waals surface area contributed by atoms with Gasteiger partial charge in [0.1, 0.15) is 0 Å². The summed E-state index contributed by atoms with van der Waals surface area (Å²) >= 11 is 0. The molecule has 0 spiro atoms. The Balaban J connectivity index is 1.23. The molecule has 1 aromatic heterocycles. The molecule has 2 heteroatoms.